The van der Waals surface area contributed by atoms with Crippen LogP contribution in [0.3, 0.4) is 0 Å². The molecule has 3 N–H and O–H groups in total. The SMILES string of the molecule is CCCn1ncc(OC)c1C(CCCCl)NN. The maximum Gasteiger partial charge on any atom is 0.161 e. The van der Waals surface area contributed by atoms with E-state index in [4.69, 9.17) is 22.2 Å². The van der Waals surface area contributed by atoms with Crippen molar-refractivity contribution in [3.63, 3.8) is 0 Å². The molecule has 17 heavy (non-hydrogen) atoms. The predicted octanol–water partition coefficient (Wildman–Crippen LogP) is 1.83. The van der Waals surface area contributed by atoms with Gasteiger partial charge in [0.1, 0.15) is 0 Å². The van der Waals surface area contributed by atoms with Crippen molar-refractivity contribution in [1.29, 1.82) is 0 Å². The molecular weight excluding hydrogens is 240 g/mol. The number of hydrogen-bond donors (Lipinski definition) is 2. The molecule has 0 radical (unpaired) electrons. The van der Waals surface area contributed by atoms with Crippen molar-refractivity contribution in [2.24, 2.45) is 5.84 Å². The summed E-state index contributed by atoms with van der Waals surface area (Å²) in [5, 5.41) is 4.32. The van der Waals surface area contributed by atoms with Crippen molar-refractivity contribution >= 4 is 11.6 Å². The van der Waals surface area contributed by atoms with Crippen LogP contribution >= 0.6 is 11.6 Å². The second kappa shape index (κ2) is 7.53. The van der Waals surface area contributed by atoms with Crippen LogP contribution in [0.4, 0.5) is 0 Å². The van der Waals surface area contributed by atoms with E-state index in [1.807, 2.05) is 4.68 Å². The fourth-order valence-electron chi connectivity index (χ4n) is 1.86. The smallest absolute Gasteiger partial charge is 0.161 e. The minimum absolute atomic E-state index is 0.0257. The minimum Gasteiger partial charge on any atom is -0.493 e. The lowest BCUT2D eigenvalue weighted by Gasteiger charge is -2.18. The normalized spacial score (nSPS) is 12.7. The third kappa shape index (κ3) is 3.59. The number of aromatic nitrogens is 2. The average Bonchev–Trinajstić information content (AvgIpc) is 2.74. The number of hydrogen-bond acceptors (Lipinski definition) is 4. The molecule has 0 saturated heterocycles. The van der Waals surface area contributed by atoms with Gasteiger partial charge in [-0.05, 0) is 19.3 Å². The van der Waals surface area contributed by atoms with Crippen LogP contribution in [0.15, 0.2) is 6.20 Å². The van der Waals surface area contributed by atoms with Crippen LogP contribution in [0.2, 0.25) is 0 Å². The van der Waals surface area contributed by atoms with Gasteiger partial charge in [-0.3, -0.25) is 16.0 Å². The second-order valence-corrected chi connectivity index (χ2v) is 4.25. The Morgan fingerprint density at radius 3 is 2.94 bits per heavy atom. The quantitative estimate of drug-likeness (QED) is 0.425. The van der Waals surface area contributed by atoms with Gasteiger partial charge >= 0.3 is 0 Å². The molecule has 0 fully saturated rings. The Morgan fingerprint density at radius 2 is 2.41 bits per heavy atom. The Bertz CT molecular complexity index is 329. The van der Waals surface area contributed by atoms with Crippen molar-refractivity contribution in [2.45, 2.75) is 38.8 Å². The third-order valence-corrected chi connectivity index (χ3v) is 2.93. The van der Waals surface area contributed by atoms with Crippen LogP contribution < -0.4 is 16.0 Å². The molecule has 1 unspecified atom stereocenters. The summed E-state index contributed by atoms with van der Waals surface area (Å²) in [6.07, 6.45) is 4.52. The number of alkyl halides is 1. The first-order chi connectivity index (χ1) is 8.28. The molecule has 1 aromatic heterocycles. The maximum absolute atomic E-state index is 5.72. The molecule has 0 amide bonds. The Kier molecular flexibility index (Phi) is 6.32. The van der Waals surface area contributed by atoms with E-state index in [1.165, 1.54) is 0 Å². The van der Waals surface area contributed by atoms with Gasteiger partial charge in [0.25, 0.3) is 0 Å². The zero-order valence-electron chi connectivity index (χ0n) is 10.4. The lowest BCUT2D eigenvalue weighted by molar-refractivity contribution is 0.384. The number of methoxy groups -OCH3 is 1. The summed E-state index contributed by atoms with van der Waals surface area (Å²) in [7, 11) is 1.64. The lowest BCUT2D eigenvalue weighted by atomic mass is 10.1. The van der Waals surface area contributed by atoms with Gasteiger partial charge in [0.05, 0.1) is 25.0 Å². The molecule has 1 rings (SSSR count). The van der Waals surface area contributed by atoms with E-state index >= 15 is 0 Å². The Balaban J connectivity index is 2.92. The van der Waals surface area contributed by atoms with Gasteiger partial charge in [0, 0.05) is 12.4 Å². The van der Waals surface area contributed by atoms with Crippen LogP contribution in [-0.4, -0.2) is 22.8 Å². The van der Waals surface area contributed by atoms with E-state index in [-0.39, 0.29) is 6.04 Å². The van der Waals surface area contributed by atoms with E-state index in [0.717, 1.165) is 37.3 Å². The van der Waals surface area contributed by atoms with Crippen molar-refractivity contribution in [3.8, 4) is 5.75 Å². The number of hydrazine groups is 1. The molecule has 0 aliphatic carbocycles. The highest BCUT2D eigenvalue weighted by Crippen LogP contribution is 2.27. The zero-order chi connectivity index (χ0) is 12.7. The van der Waals surface area contributed by atoms with E-state index in [1.54, 1.807) is 13.3 Å². The topological polar surface area (TPSA) is 65.1 Å². The van der Waals surface area contributed by atoms with Gasteiger partial charge in [0.15, 0.2) is 5.75 Å². The standard InChI is InChI=1S/C11H21ClN4O/c1-3-7-16-11(10(17-2)8-14-16)9(15-13)5-4-6-12/h8-9,15H,3-7,13H2,1-2H3. The van der Waals surface area contributed by atoms with Crippen molar-refractivity contribution in [2.75, 3.05) is 13.0 Å². The molecule has 0 bridgehead atoms. The first-order valence-corrected chi connectivity index (χ1v) is 6.43. The summed E-state index contributed by atoms with van der Waals surface area (Å²) in [5.74, 6) is 7.01. The number of rotatable bonds is 8. The van der Waals surface area contributed by atoms with Crippen molar-refractivity contribution < 1.29 is 4.74 Å². The molecule has 0 aliphatic heterocycles. The van der Waals surface area contributed by atoms with Crippen molar-refractivity contribution in [3.05, 3.63) is 11.9 Å². The van der Waals surface area contributed by atoms with Crippen molar-refractivity contribution in [1.82, 2.24) is 15.2 Å². The van der Waals surface area contributed by atoms with Gasteiger partial charge in [-0.25, -0.2) is 0 Å². The fraction of sp³-hybridized carbons (Fsp3) is 0.727. The largest absolute Gasteiger partial charge is 0.493 e. The van der Waals surface area contributed by atoms with Crippen LogP contribution in [0.25, 0.3) is 0 Å². The Labute approximate surface area is 107 Å². The zero-order valence-corrected chi connectivity index (χ0v) is 11.2. The average molecular weight is 261 g/mol. The number of aryl methyl sites for hydroxylation is 1. The summed E-state index contributed by atoms with van der Waals surface area (Å²) in [5.41, 5.74) is 3.82. The van der Waals surface area contributed by atoms with Crippen LogP contribution in [0.5, 0.6) is 5.75 Å². The van der Waals surface area contributed by atoms with Crippen LogP contribution in [0, 0.1) is 0 Å². The second-order valence-electron chi connectivity index (χ2n) is 3.87. The minimum atomic E-state index is 0.0257. The first kappa shape index (κ1) is 14.3. The summed E-state index contributed by atoms with van der Waals surface area (Å²) in [6, 6.07) is 0.0257. The number of halogens is 1. The summed E-state index contributed by atoms with van der Waals surface area (Å²) < 4.78 is 7.27. The number of nitrogens with two attached hydrogens (primary N) is 1. The van der Waals surface area contributed by atoms with Gasteiger partial charge in [-0.15, -0.1) is 11.6 Å². The molecule has 6 heteroatoms. The number of nitrogens with zero attached hydrogens (tertiary/aromatic N) is 2. The summed E-state index contributed by atoms with van der Waals surface area (Å²) >= 11 is 5.72. The summed E-state index contributed by atoms with van der Waals surface area (Å²) in [4.78, 5) is 0. The van der Waals surface area contributed by atoms with E-state index in [2.05, 4.69) is 17.4 Å². The molecule has 0 saturated carbocycles. The highest BCUT2D eigenvalue weighted by molar-refractivity contribution is 6.17. The predicted molar refractivity (Wildman–Crippen MR) is 69.1 cm³/mol. The first-order valence-electron chi connectivity index (χ1n) is 5.90. The molecule has 1 atom stereocenters. The molecule has 0 aliphatic rings. The molecule has 0 aromatic carbocycles. The lowest BCUT2D eigenvalue weighted by Crippen LogP contribution is -2.30. The highest BCUT2D eigenvalue weighted by atomic mass is 35.5. The molecule has 98 valence electrons. The Hall–Kier alpha value is -0.780. The molecule has 0 spiro atoms. The third-order valence-electron chi connectivity index (χ3n) is 2.66. The highest BCUT2D eigenvalue weighted by Gasteiger charge is 2.20. The molecular formula is C11H21ClN4O. The van der Waals surface area contributed by atoms with E-state index in [9.17, 15) is 0 Å². The van der Waals surface area contributed by atoms with Gasteiger partial charge in [-0.1, -0.05) is 6.92 Å². The van der Waals surface area contributed by atoms with Gasteiger partial charge < -0.3 is 4.74 Å². The maximum atomic E-state index is 5.72. The number of nitrogens with one attached hydrogen (secondary N) is 1. The van der Waals surface area contributed by atoms with E-state index < -0.39 is 0 Å². The van der Waals surface area contributed by atoms with E-state index in [0.29, 0.717) is 5.88 Å². The molecule has 1 aromatic rings. The fourth-order valence-corrected chi connectivity index (χ4v) is 2.01. The molecule has 5 nitrogen and oxygen atoms in total. The van der Waals surface area contributed by atoms with Gasteiger partial charge in [-0.2, -0.15) is 5.10 Å². The summed E-state index contributed by atoms with van der Waals surface area (Å²) in [6.45, 7) is 2.97. The number of ether oxygens (including phenoxy) is 1. The molecule has 1 heterocycles. The monoisotopic (exact) mass is 260 g/mol. The van der Waals surface area contributed by atoms with Crippen LogP contribution in [-0.2, 0) is 6.54 Å². The van der Waals surface area contributed by atoms with Crippen LogP contribution in [0.1, 0.15) is 37.9 Å². The Morgan fingerprint density at radius 1 is 1.65 bits per heavy atom. The van der Waals surface area contributed by atoms with Gasteiger partial charge in [0.2, 0.25) is 0 Å².